The topological polar surface area (TPSA) is 79.6 Å². The molecule has 1 N–H and O–H groups in total. The zero-order valence-corrected chi connectivity index (χ0v) is 14.5. The minimum Gasteiger partial charge on any atom is -0.465 e. The third kappa shape index (κ3) is 3.37. The molecule has 1 aliphatic heterocycles. The number of rotatable bonds is 5. The molecule has 7 heteroatoms. The molecule has 0 radical (unpaired) electrons. The number of aryl methyl sites for hydroxylation is 1. The molecule has 2 heterocycles. The summed E-state index contributed by atoms with van der Waals surface area (Å²) in [6.45, 7) is 4.22. The van der Waals surface area contributed by atoms with E-state index in [4.69, 9.17) is 4.42 Å². The molecule has 0 bridgehead atoms. The van der Waals surface area contributed by atoms with E-state index in [0.29, 0.717) is 18.7 Å². The Kier molecular flexibility index (Phi) is 4.47. The number of furan rings is 1. The first-order valence-corrected chi connectivity index (χ1v) is 9.34. The molecule has 1 atom stereocenters. The van der Waals surface area contributed by atoms with Gasteiger partial charge in [0.15, 0.2) is 0 Å². The Bertz CT molecular complexity index is 840. The molecule has 2 aromatic rings. The lowest BCUT2D eigenvalue weighted by Gasteiger charge is -2.16. The quantitative estimate of drug-likeness (QED) is 0.901. The van der Waals surface area contributed by atoms with Gasteiger partial charge in [-0.15, -0.1) is 0 Å². The largest absolute Gasteiger partial charge is 0.465 e. The monoisotopic (exact) mass is 348 g/mol. The zero-order valence-electron chi connectivity index (χ0n) is 13.7. The van der Waals surface area contributed by atoms with Crippen LogP contribution >= 0.6 is 0 Å². The Hall–Kier alpha value is -2.12. The molecule has 1 unspecified atom stereocenters. The Morgan fingerprint density at radius 3 is 2.42 bits per heavy atom. The summed E-state index contributed by atoms with van der Waals surface area (Å²) in [5, 5.41) is 0. The van der Waals surface area contributed by atoms with Gasteiger partial charge < -0.3 is 9.32 Å². The Morgan fingerprint density at radius 2 is 1.88 bits per heavy atom. The van der Waals surface area contributed by atoms with Crippen LogP contribution in [0, 0.1) is 6.92 Å². The molecule has 1 fully saturated rings. The predicted octanol–water partition coefficient (Wildman–Crippen LogP) is 2.75. The normalized spacial score (nSPS) is 16.6. The van der Waals surface area contributed by atoms with Crippen molar-refractivity contribution in [1.82, 2.24) is 4.72 Å². The van der Waals surface area contributed by atoms with Gasteiger partial charge in [-0.3, -0.25) is 4.79 Å². The van der Waals surface area contributed by atoms with Crippen molar-refractivity contribution in [3.05, 3.63) is 47.9 Å². The highest BCUT2D eigenvalue weighted by atomic mass is 32.2. The van der Waals surface area contributed by atoms with Gasteiger partial charge in [-0.2, -0.15) is 0 Å². The van der Waals surface area contributed by atoms with Gasteiger partial charge in [-0.25, -0.2) is 13.1 Å². The molecule has 1 aliphatic rings. The predicted molar refractivity (Wildman–Crippen MR) is 90.2 cm³/mol. The SMILES string of the molecule is Cc1ccc(C(C)NS(=O)(=O)c2ccc(N3CCCC3=O)cc2)o1. The fourth-order valence-corrected chi connectivity index (χ4v) is 3.98. The molecule has 128 valence electrons. The van der Waals surface area contributed by atoms with E-state index in [-0.39, 0.29) is 10.8 Å². The average molecular weight is 348 g/mol. The average Bonchev–Trinajstić information content (AvgIpc) is 3.15. The van der Waals surface area contributed by atoms with E-state index in [1.807, 2.05) is 6.92 Å². The summed E-state index contributed by atoms with van der Waals surface area (Å²) in [6.07, 6.45) is 1.38. The maximum Gasteiger partial charge on any atom is 0.241 e. The van der Waals surface area contributed by atoms with Crippen molar-refractivity contribution >= 4 is 21.6 Å². The minimum atomic E-state index is -3.67. The molecule has 3 rings (SSSR count). The molecular formula is C17H20N2O4S. The summed E-state index contributed by atoms with van der Waals surface area (Å²) in [7, 11) is -3.67. The van der Waals surface area contributed by atoms with Crippen LogP contribution in [0.1, 0.15) is 37.3 Å². The van der Waals surface area contributed by atoms with E-state index in [2.05, 4.69) is 4.72 Å². The number of sulfonamides is 1. The third-order valence-corrected chi connectivity index (χ3v) is 5.61. The Morgan fingerprint density at radius 1 is 1.17 bits per heavy atom. The van der Waals surface area contributed by atoms with Crippen LogP contribution in [0.4, 0.5) is 5.69 Å². The first-order chi connectivity index (χ1) is 11.4. The maximum atomic E-state index is 12.5. The van der Waals surface area contributed by atoms with Crippen molar-refractivity contribution in [2.75, 3.05) is 11.4 Å². The van der Waals surface area contributed by atoms with Crippen molar-refractivity contribution in [3.63, 3.8) is 0 Å². The third-order valence-electron chi connectivity index (χ3n) is 4.05. The summed E-state index contributed by atoms with van der Waals surface area (Å²) in [6, 6.07) is 9.45. The van der Waals surface area contributed by atoms with Gasteiger partial charge >= 0.3 is 0 Å². The Balaban J connectivity index is 1.76. The van der Waals surface area contributed by atoms with Crippen molar-refractivity contribution < 1.29 is 17.6 Å². The van der Waals surface area contributed by atoms with Gasteiger partial charge in [0.2, 0.25) is 15.9 Å². The van der Waals surface area contributed by atoms with Crippen LogP contribution < -0.4 is 9.62 Å². The summed E-state index contributed by atoms with van der Waals surface area (Å²) >= 11 is 0. The number of benzene rings is 1. The van der Waals surface area contributed by atoms with Gasteiger partial charge in [-0.1, -0.05) is 0 Å². The van der Waals surface area contributed by atoms with Crippen molar-refractivity contribution in [3.8, 4) is 0 Å². The lowest BCUT2D eigenvalue weighted by Crippen LogP contribution is -2.27. The summed E-state index contributed by atoms with van der Waals surface area (Å²) < 4.78 is 33.0. The molecule has 1 aromatic heterocycles. The molecule has 1 amide bonds. The van der Waals surface area contributed by atoms with Crippen LogP contribution in [0.3, 0.4) is 0 Å². The van der Waals surface area contributed by atoms with Gasteiger partial charge in [0.25, 0.3) is 0 Å². The highest BCUT2D eigenvalue weighted by molar-refractivity contribution is 7.89. The van der Waals surface area contributed by atoms with Gasteiger partial charge in [0.05, 0.1) is 10.9 Å². The molecule has 0 spiro atoms. The van der Waals surface area contributed by atoms with Crippen LogP contribution in [-0.4, -0.2) is 20.9 Å². The van der Waals surface area contributed by atoms with Gasteiger partial charge in [-0.05, 0) is 56.7 Å². The van der Waals surface area contributed by atoms with Gasteiger partial charge in [0.1, 0.15) is 11.5 Å². The van der Waals surface area contributed by atoms with E-state index >= 15 is 0 Å². The molecule has 6 nitrogen and oxygen atoms in total. The van der Waals surface area contributed by atoms with Crippen LogP contribution in [-0.2, 0) is 14.8 Å². The van der Waals surface area contributed by atoms with Crippen LogP contribution in [0.5, 0.6) is 0 Å². The number of amides is 1. The fraction of sp³-hybridized carbons (Fsp3) is 0.353. The first kappa shape index (κ1) is 16.7. The van der Waals surface area contributed by atoms with Crippen LogP contribution in [0.15, 0.2) is 45.7 Å². The summed E-state index contributed by atoms with van der Waals surface area (Å²) in [5.74, 6) is 1.37. The molecular weight excluding hydrogens is 328 g/mol. The molecule has 24 heavy (non-hydrogen) atoms. The van der Waals surface area contributed by atoms with E-state index in [9.17, 15) is 13.2 Å². The number of hydrogen-bond donors (Lipinski definition) is 1. The summed E-state index contributed by atoms with van der Waals surface area (Å²) in [5.41, 5.74) is 0.728. The van der Waals surface area contributed by atoms with Crippen LogP contribution in [0.2, 0.25) is 0 Å². The maximum absolute atomic E-state index is 12.5. The highest BCUT2D eigenvalue weighted by Gasteiger charge is 2.23. The van der Waals surface area contributed by atoms with Crippen molar-refractivity contribution in [1.29, 1.82) is 0 Å². The van der Waals surface area contributed by atoms with E-state index < -0.39 is 16.1 Å². The van der Waals surface area contributed by atoms with Crippen LogP contribution in [0.25, 0.3) is 0 Å². The molecule has 0 aliphatic carbocycles. The summed E-state index contributed by atoms with van der Waals surface area (Å²) in [4.78, 5) is 13.6. The minimum absolute atomic E-state index is 0.0746. The number of carbonyl (C=O) groups is 1. The smallest absolute Gasteiger partial charge is 0.241 e. The molecule has 0 saturated carbocycles. The number of carbonyl (C=O) groups excluding carboxylic acids is 1. The lowest BCUT2D eigenvalue weighted by molar-refractivity contribution is -0.117. The number of hydrogen-bond acceptors (Lipinski definition) is 4. The number of nitrogens with one attached hydrogen (secondary N) is 1. The second-order valence-corrected chi connectivity index (χ2v) is 7.65. The number of anilines is 1. The second kappa shape index (κ2) is 6.41. The Labute approximate surface area is 141 Å². The molecule has 1 saturated heterocycles. The number of nitrogens with zero attached hydrogens (tertiary/aromatic N) is 1. The lowest BCUT2D eigenvalue weighted by atomic mass is 10.3. The zero-order chi connectivity index (χ0) is 17.3. The van der Waals surface area contributed by atoms with Crippen molar-refractivity contribution in [2.24, 2.45) is 0 Å². The fourth-order valence-electron chi connectivity index (χ4n) is 2.77. The van der Waals surface area contributed by atoms with E-state index in [1.54, 1.807) is 36.1 Å². The highest BCUT2D eigenvalue weighted by Crippen LogP contribution is 2.24. The van der Waals surface area contributed by atoms with E-state index in [0.717, 1.165) is 17.9 Å². The standard InChI is InChI=1S/C17H20N2O4S/c1-12-5-10-16(23-12)13(2)18-24(21,22)15-8-6-14(7-9-15)19-11-3-4-17(19)20/h5-10,13,18H,3-4,11H2,1-2H3. The second-order valence-electron chi connectivity index (χ2n) is 5.93. The van der Waals surface area contributed by atoms with Gasteiger partial charge in [0, 0.05) is 18.7 Å². The first-order valence-electron chi connectivity index (χ1n) is 7.86. The van der Waals surface area contributed by atoms with Crippen molar-refractivity contribution in [2.45, 2.75) is 37.6 Å². The molecule has 1 aromatic carbocycles. The van der Waals surface area contributed by atoms with E-state index in [1.165, 1.54) is 12.1 Å².